The molecule has 0 spiro atoms. The van der Waals surface area contributed by atoms with E-state index in [-0.39, 0.29) is 30.7 Å². The van der Waals surface area contributed by atoms with E-state index in [0.717, 1.165) is 15.5 Å². The van der Waals surface area contributed by atoms with Crippen molar-refractivity contribution in [1.82, 2.24) is 34.7 Å². The van der Waals surface area contributed by atoms with Gasteiger partial charge in [0.15, 0.2) is 0 Å². The van der Waals surface area contributed by atoms with Gasteiger partial charge in [-0.3, -0.25) is 14.9 Å². The second kappa shape index (κ2) is 9.45. The van der Waals surface area contributed by atoms with Gasteiger partial charge in [-0.25, -0.2) is 14.7 Å². The SMILES string of the molecule is C=NN(C)C(=NC(C)CC)NC(=O)c1nn2cnn(CCCC(F)(F)F)c2nc1=O. The standard InChI is InChI=1S/C16H22F3N9O2/c1-5-10(2)22-14(26(4)20-3)23-12(29)11-13(30)24-15-27(21-9-28(15)25-11)8-6-7-16(17,18)19/h9-10H,3,5-8H2,1-2,4H3,(H,22,23,29). The van der Waals surface area contributed by atoms with Crippen LogP contribution in [0.3, 0.4) is 0 Å². The summed E-state index contributed by atoms with van der Waals surface area (Å²) in [5.74, 6) is -0.875. The number of aryl methyl sites for hydroxylation is 1. The number of hydrazone groups is 1. The topological polar surface area (TPSA) is 122 Å². The van der Waals surface area contributed by atoms with E-state index in [9.17, 15) is 22.8 Å². The highest BCUT2D eigenvalue weighted by Crippen LogP contribution is 2.21. The molecule has 1 amide bonds. The number of nitrogens with zero attached hydrogens (tertiary/aromatic N) is 8. The van der Waals surface area contributed by atoms with Crippen molar-refractivity contribution in [2.75, 3.05) is 7.05 Å². The fraction of sp³-hybridized carbons (Fsp3) is 0.562. The molecule has 1 atom stereocenters. The average Bonchev–Trinajstić information content (AvgIpc) is 3.06. The van der Waals surface area contributed by atoms with E-state index in [2.05, 4.69) is 37.3 Å². The zero-order valence-electron chi connectivity index (χ0n) is 16.7. The molecule has 1 N–H and O–H groups in total. The molecule has 0 aliphatic carbocycles. The van der Waals surface area contributed by atoms with Crippen molar-refractivity contribution in [3.8, 4) is 0 Å². The summed E-state index contributed by atoms with van der Waals surface area (Å²) in [6, 6.07) is -0.130. The lowest BCUT2D eigenvalue weighted by atomic mass is 10.3. The predicted octanol–water partition coefficient (Wildman–Crippen LogP) is 1.06. The van der Waals surface area contributed by atoms with Gasteiger partial charge in [0, 0.05) is 26.7 Å². The largest absolute Gasteiger partial charge is 0.389 e. The molecule has 0 radical (unpaired) electrons. The highest BCUT2D eigenvalue weighted by molar-refractivity contribution is 6.04. The fourth-order valence-corrected chi connectivity index (χ4v) is 2.26. The third-order valence-corrected chi connectivity index (χ3v) is 4.07. The number of rotatable bonds is 7. The maximum atomic E-state index is 12.6. The van der Waals surface area contributed by atoms with Crippen molar-refractivity contribution in [2.45, 2.75) is 51.9 Å². The molecule has 2 heterocycles. The first kappa shape index (κ1) is 23.0. The smallest absolute Gasteiger partial charge is 0.289 e. The Labute approximate surface area is 169 Å². The highest BCUT2D eigenvalue weighted by atomic mass is 19.4. The fourth-order valence-electron chi connectivity index (χ4n) is 2.26. The summed E-state index contributed by atoms with van der Waals surface area (Å²) in [4.78, 5) is 32.9. The molecule has 0 bridgehead atoms. The number of carbonyl (C=O) groups excluding carboxylic acids is 1. The van der Waals surface area contributed by atoms with Crippen molar-refractivity contribution in [1.29, 1.82) is 0 Å². The highest BCUT2D eigenvalue weighted by Gasteiger charge is 2.26. The average molecular weight is 429 g/mol. The molecule has 30 heavy (non-hydrogen) atoms. The molecule has 0 saturated heterocycles. The van der Waals surface area contributed by atoms with Gasteiger partial charge in [-0.15, -0.1) is 0 Å². The van der Waals surface area contributed by atoms with Crippen LogP contribution >= 0.6 is 0 Å². The van der Waals surface area contributed by atoms with Crippen molar-refractivity contribution in [3.05, 3.63) is 22.4 Å². The minimum absolute atomic E-state index is 0.0680. The lowest BCUT2D eigenvalue weighted by Crippen LogP contribution is -2.43. The molecule has 11 nitrogen and oxygen atoms in total. The van der Waals surface area contributed by atoms with Crippen molar-refractivity contribution < 1.29 is 18.0 Å². The first-order chi connectivity index (χ1) is 14.1. The van der Waals surface area contributed by atoms with Crippen LogP contribution < -0.4 is 10.9 Å². The van der Waals surface area contributed by atoms with Crippen LogP contribution in [0.15, 0.2) is 21.2 Å². The first-order valence-corrected chi connectivity index (χ1v) is 9.04. The predicted molar refractivity (Wildman–Crippen MR) is 102 cm³/mol. The number of fused-ring (bicyclic) bond motifs is 1. The van der Waals surface area contributed by atoms with E-state index in [4.69, 9.17) is 0 Å². The van der Waals surface area contributed by atoms with Crippen LogP contribution in [0.4, 0.5) is 13.2 Å². The minimum Gasteiger partial charge on any atom is -0.289 e. The molecule has 2 aromatic rings. The van der Waals surface area contributed by atoms with Gasteiger partial charge in [0.05, 0.1) is 6.04 Å². The number of guanidine groups is 1. The zero-order chi connectivity index (χ0) is 22.5. The Balaban J connectivity index is 2.26. The molecular formula is C16H22F3N9O2. The van der Waals surface area contributed by atoms with Crippen molar-refractivity contribution in [2.24, 2.45) is 10.1 Å². The van der Waals surface area contributed by atoms with Crippen LogP contribution in [0.25, 0.3) is 5.78 Å². The van der Waals surface area contributed by atoms with Gasteiger partial charge in [-0.2, -0.15) is 38.0 Å². The number of aromatic nitrogens is 5. The lowest BCUT2D eigenvalue weighted by Gasteiger charge is -2.17. The minimum atomic E-state index is -4.29. The summed E-state index contributed by atoms with van der Waals surface area (Å²) < 4.78 is 39.1. The monoisotopic (exact) mass is 429 g/mol. The Morgan fingerprint density at radius 1 is 1.43 bits per heavy atom. The maximum absolute atomic E-state index is 12.6. The Bertz CT molecular complexity index is 996. The van der Waals surface area contributed by atoms with Crippen molar-refractivity contribution >= 4 is 24.4 Å². The van der Waals surface area contributed by atoms with Crippen LogP contribution in [0, 0.1) is 0 Å². The summed E-state index contributed by atoms with van der Waals surface area (Å²) in [7, 11) is 1.52. The molecule has 2 rings (SSSR count). The normalized spacial score (nSPS) is 13.3. The van der Waals surface area contributed by atoms with Crippen LogP contribution in [-0.2, 0) is 6.54 Å². The molecule has 164 valence electrons. The van der Waals surface area contributed by atoms with Crippen LogP contribution in [0.5, 0.6) is 0 Å². The summed E-state index contributed by atoms with van der Waals surface area (Å²) in [5, 5.41) is 15.1. The first-order valence-electron chi connectivity index (χ1n) is 9.04. The molecule has 0 aliphatic heterocycles. The third-order valence-electron chi connectivity index (χ3n) is 4.07. The van der Waals surface area contributed by atoms with Gasteiger partial charge in [-0.1, -0.05) is 6.92 Å². The summed E-state index contributed by atoms with van der Waals surface area (Å²) >= 11 is 0. The summed E-state index contributed by atoms with van der Waals surface area (Å²) in [6.45, 7) is 6.99. The lowest BCUT2D eigenvalue weighted by molar-refractivity contribution is -0.135. The van der Waals surface area contributed by atoms with E-state index < -0.39 is 29.8 Å². The number of hydrogen-bond donors (Lipinski definition) is 1. The van der Waals surface area contributed by atoms with E-state index >= 15 is 0 Å². The molecule has 0 fully saturated rings. The summed E-state index contributed by atoms with van der Waals surface area (Å²) in [6.07, 6.45) is -3.68. The van der Waals surface area contributed by atoms with Gasteiger partial charge >= 0.3 is 11.7 Å². The quantitative estimate of drug-likeness (QED) is 0.399. The second-order valence-corrected chi connectivity index (χ2v) is 6.41. The van der Waals surface area contributed by atoms with E-state index in [1.807, 2.05) is 13.8 Å². The Hall–Kier alpha value is -3.32. The molecule has 0 saturated carbocycles. The Morgan fingerprint density at radius 2 is 2.13 bits per heavy atom. The molecule has 2 aromatic heterocycles. The number of alkyl halides is 3. The van der Waals surface area contributed by atoms with E-state index in [0.29, 0.717) is 6.42 Å². The zero-order valence-corrected chi connectivity index (χ0v) is 16.7. The number of aliphatic imine (C=N–C) groups is 1. The van der Waals surface area contributed by atoms with E-state index in [1.165, 1.54) is 12.1 Å². The molecule has 0 aliphatic rings. The van der Waals surface area contributed by atoms with Gasteiger partial charge < -0.3 is 0 Å². The number of amides is 1. The number of carbonyl (C=O) groups is 1. The molecule has 14 heteroatoms. The number of nitrogens with one attached hydrogen (secondary N) is 1. The third kappa shape index (κ3) is 5.84. The van der Waals surface area contributed by atoms with Gasteiger partial charge in [0.1, 0.15) is 6.33 Å². The van der Waals surface area contributed by atoms with Crippen LogP contribution in [0.1, 0.15) is 43.6 Å². The van der Waals surface area contributed by atoms with Crippen LogP contribution in [-0.4, -0.2) is 67.2 Å². The molecule has 0 aromatic carbocycles. The molecular weight excluding hydrogens is 407 g/mol. The van der Waals surface area contributed by atoms with Crippen LogP contribution in [0.2, 0.25) is 0 Å². The Morgan fingerprint density at radius 3 is 2.73 bits per heavy atom. The van der Waals surface area contributed by atoms with Gasteiger partial charge in [0.2, 0.25) is 11.7 Å². The number of halogens is 3. The Kier molecular flexibility index (Phi) is 7.24. The van der Waals surface area contributed by atoms with Crippen molar-refractivity contribution in [3.63, 3.8) is 0 Å². The van der Waals surface area contributed by atoms with Gasteiger partial charge in [0.25, 0.3) is 11.7 Å². The van der Waals surface area contributed by atoms with E-state index in [1.54, 1.807) is 0 Å². The second-order valence-electron chi connectivity index (χ2n) is 6.41. The number of hydrogen-bond acceptors (Lipinski definition) is 7. The maximum Gasteiger partial charge on any atom is 0.389 e. The molecule has 1 unspecified atom stereocenters. The summed E-state index contributed by atoms with van der Waals surface area (Å²) in [5.41, 5.74) is -1.49. The van der Waals surface area contributed by atoms with Gasteiger partial charge in [-0.05, 0) is 19.8 Å².